The van der Waals surface area contributed by atoms with Crippen molar-refractivity contribution in [2.45, 2.75) is 45.8 Å². The van der Waals surface area contributed by atoms with Gasteiger partial charge >= 0.3 is 7.12 Å². The summed E-state index contributed by atoms with van der Waals surface area (Å²) < 4.78 is 14.4. The van der Waals surface area contributed by atoms with Crippen molar-refractivity contribution >= 4 is 23.5 Å². The van der Waals surface area contributed by atoms with Gasteiger partial charge in [-0.25, -0.2) is 0 Å². The van der Waals surface area contributed by atoms with Crippen LogP contribution in [0, 0.1) is 6.92 Å². The van der Waals surface area contributed by atoms with Gasteiger partial charge in [0.25, 0.3) is 0 Å². The van der Waals surface area contributed by atoms with Gasteiger partial charge in [-0.3, -0.25) is 0 Å². The third kappa shape index (κ3) is 1.90. The fraction of sp³-hybridized carbons (Fsp3) is 0.500. The maximum Gasteiger partial charge on any atom is 0.494 e. The Bertz CT molecular complexity index is 656. The molecule has 3 rings (SSSR count). The summed E-state index contributed by atoms with van der Waals surface area (Å²) in [6, 6.07) is 6.43. The molecule has 20 heavy (non-hydrogen) atoms. The Kier molecular flexibility index (Phi) is 2.83. The molecular weight excluding hydrogens is 249 g/mol. The predicted octanol–water partition coefficient (Wildman–Crippen LogP) is 2.79. The monoisotopic (exact) mass is 271 g/mol. The van der Waals surface area contributed by atoms with Gasteiger partial charge in [-0.1, -0.05) is 12.1 Å². The van der Waals surface area contributed by atoms with Crippen LogP contribution in [-0.4, -0.2) is 22.9 Å². The van der Waals surface area contributed by atoms with E-state index in [1.165, 1.54) is 16.5 Å². The lowest BCUT2D eigenvalue weighted by Gasteiger charge is -2.32. The zero-order valence-electron chi connectivity index (χ0n) is 13.2. The van der Waals surface area contributed by atoms with Gasteiger partial charge in [-0.2, -0.15) is 0 Å². The van der Waals surface area contributed by atoms with Crippen molar-refractivity contribution in [3.05, 3.63) is 30.0 Å². The quantitative estimate of drug-likeness (QED) is 0.744. The Morgan fingerprint density at radius 2 is 1.65 bits per heavy atom. The van der Waals surface area contributed by atoms with Crippen molar-refractivity contribution in [1.29, 1.82) is 0 Å². The number of benzene rings is 1. The fourth-order valence-electron chi connectivity index (χ4n) is 2.73. The van der Waals surface area contributed by atoms with Crippen LogP contribution in [-0.2, 0) is 16.4 Å². The lowest BCUT2D eigenvalue weighted by atomic mass is 9.78. The second kappa shape index (κ2) is 4.12. The molecule has 106 valence electrons. The van der Waals surface area contributed by atoms with Gasteiger partial charge in [0, 0.05) is 24.1 Å². The van der Waals surface area contributed by atoms with Crippen molar-refractivity contribution in [2.75, 3.05) is 0 Å². The van der Waals surface area contributed by atoms with E-state index in [1.807, 2.05) is 0 Å². The fourth-order valence-corrected chi connectivity index (χ4v) is 2.73. The number of hydrogen-bond donors (Lipinski definition) is 0. The van der Waals surface area contributed by atoms with Gasteiger partial charge in [-0.15, -0.1) is 0 Å². The van der Waals surface area contributed by atoms with Gasteiger partial charge in [0.05, 0.1) is 11.2 Å². The minimum atomic E-state index is -0.293. The Balaban J connectivity index is 2.02. The predicted molar refractivity (Wildman–Crippen MR) is 83.4 cm³/mol. The highest BCUT2D eigenvalue weighted by Crippen LogP contribution is 2.36. The SMILES string of the molecule is Cc1cn(C)c2ccc(B3OC(C)(C)C(C)(C)O3)cc12. The van der Waals surface area contributed by atoms with E-state index in [4.69, 9.17) is 9.31 Å². The van der Waals surface area contributed by atoms with Crippen molar-refractivity contribution in [3.63, 3.8) is 0 Å². The minimum absolute atomic E-state index is 0.288. The first kappa shape index (κ1) is 13.7. The highest BCUT2D eigenvalue weighted by atomic mass is 16.7. The van der Waals surface area contributed by atoms with E-state index in [9.17, 15) is 0 Å². The number of aryl methyl sites for hydroxylation is 2. The molecule has 0 radical (unpaired) electrons. The Morgan fingerprint density at radius 3 is 2.25 bits per heavy atom. The van der Waals surface area contributed by atoms with Crippen LogP contribution >= 0.6 is 0 Å². The molecule has 1 fully saturated rings. The number of nitrogens with zero attached hydrogens (tertiary/aromatic N) is 1. The molecule has 2 aromatic rings. The molecule has 0 atom stereocenters. The maximum absolute atomic E-state index is 6.12. The Labute approximate surface area is 121 Å². The smallest absolute Gasteiger partial charge is 0.399 e. The molecule has 0 amide bonds. The molecule has 0 bridgehead atoms. The lowest BCUT2D eigenvalue weighted by Crippen LogP contribution is -2.41. The van der Waals surface area contributed by atoms with Crippen LogP contribution in [0.25, 0.3) is 10.9 Å². The zero-order valence-corrected chi connectivity index (χ0v) is 13.2. The molecule has 1 aliphatic rings. The third-order valence-electron chi connectivity index (χ3n) is 4.74. The first-order valence-corrected chi connectivity index (χ1v) is 7.12. The number of fused-ring (bicyclic) bond motifs is 1. The topological polar surface area (TPSA) is 23.4 Å². The van der Waals surface area contributed by atoms with E-state index in [1.54, 1.807) is 0 Å². The van der Waals surface area contributed by atoms with Crippen LogP contribution in [0.3, 0.4) is 0 Å². The summed E-state index contributed by atoms with van der Waals surface area (Å²) >= 11 is 0. The van der Waals surface area contributed by atoms with E-state index >= 15 is 0 Å². The second-order valence-electron chi connectivity index (χ2n) is 6.79. The molecule has 0 unspecified atom stereocenters. The molecule has 3 nitrogen and oxygen atoms in total. The number of rotatable bonds is 1. The minimum Gasteiger partial charge on any atom is -0.399 e. The molecular formula is C16H22BNO2. The molecule has 1 aromatic carbocycles. The average Bonchev–Trinajstić information content (AvgIpc) is 2.74. The number of aromatic nitrogens is 1. The Morgan fingerprint density at radius 1 is 1.05 bits per heavy atom. The standard InChI is InChI=1S/C16H22BNO2/c1-11-10-18(6)14-8-7-12(9-13(11)14)17-19-15(2,3)16(4,5)20-17/h7-10H,1-6H3. The first-order valence-electron chi connectivity index (χ1n) is 7.12. The third-order valence-corrected chi connectivity index (χ3v) is 4.74. The van der Waals surface area contributed by atoms with Gasteiger partial charge in [0.2, 0.25) is 0 Å². The first-order chi connectivity index (χ1) is 9.21. The van der Waals surface area contributed by atoms with Crippen LogP contribution in [0.5, 0.6) is 0 Å². The molecule has 2 heterocycles. The summed E-state index contributed by atoms with van der Waals surface area (Å²) in [5.74, 6) is 0. The van der Waals surface area contributed by atoms with Crippen LogP contribution in [0.4, 0.5) is 0 Å². The molecule has 4 heteroatoms. The summed E-state index contributed by atoms with van der Waals surface area (Å²) in [6.45, 7) is 10.5. The van der Waals surface area contributed by atoms with E-state index in [0.29, 0.717) is 0 Å². The second-order valence-corrected chi connectivity index (χ2v) is 6.79. The maximum atomic E-state index is 6.12. The van der Waals surface area contributed by atoms with Crippen LogP contribution < -0.4 is 5.46 Å². The number of hydrogen-bond acceptors (Lipinski definition) is 2. The van der Waals surface area contributed by atoms with Gasteiger partial charge in [0.15, 0.2) is 0 Å². The van der Waals surface area contributed by atoms with Gasteiger partial charge in [0.1, 0.15) is 0 Å². The van der Waals surface area contributed by atoms with Crippen LogP contribution in [0.2, 0.25) is 0 Å². The summed E-state index contributed by atoms with van der Waals surface area (Å²) in [5.41, 5.74) is 3.02. The largest absolute Gasteiger partial charge is 0.494 e. The highest BCUT2D eigenvalue weighted by Gasteiger charge is 2.51. The van der Waals surface area contributed by atoms with Crippen LogP contribution in [0.1, 0.15) is 33.3 Å². The van der Waals surface area contributed by atoms with Gasteiger partial charge in [-0.05, 0) is 51.7 Å². The molecule has 1 saturated heterocycles. The van der Waals surface area contributed by atoms with Gasteiger partial charge < -0.3 is 13.9 Å². The van der Waals surface area contributed by atoms with Crippen molar-refractivity contribution in [1.82, 2.24) is 4.57 Å². The molecule has 1 aliphatic heterocycles. The van der Waals surface area contributed by atoms with E-state index in [-0.39, 0.29) is 18.3 Å². The normalized spacial score (nSPS) is 20.8. The summed E-state index contributed by atoms with van der Waals surface area (Å²) in [7, 11) is 1.79. The van der Waals surface area contributed by atoms with E-state index in [2.05, 4.69) is 70.6 Å². The van der Waals surface area contributed by atoms with Crippen molar-refractivity contribution in [3.8, 4) is 0 Å². The summed E-state index contributed by atoms with van der Waals surface area (Å²) in [6.07, 6.45) is 2.15. The van der Waals surface area contributed by atoms with Crippen molar-refractivity contribution in [2.24, 2.45) is 7.05 Å². The zero-order chi connectivity index (χ0) is 14.7. The lowest BCUT2D eigenvalue weighted by molar-refractivity contribution is 0.00578. The van der Waals surface area contributed by atoms with E-state index in [0.717, 1.165) is 5.46 Å². The molecule has 0 aliphatic carbocycles. The summed E-state index contributed by atoms with van der Waals surface area (Å²) in [4.78, 5) is 0. The average molecular weight is 271 g/mol. The van der Waals surface area contributed by atoms with Crippen molar-refractivity contribution < 1.29 is 9.31 Å². The summed E-state index contributed by atoms with van der Waals surface area (Å²) in [5, 5.41) is 1.26. The highest BCUT2D eigenvalue weighted by molar-refractivity contribution is 6.62. The molecule has 1 aromatic heterocycles. The molecule has 0 spiro atoms. The van der Waals surface area contributed by atoms with Crippen LogP contribution in [0.15, 0.2) is 24.4 Å². The molecule has 0 saturated carbocycles. The van der Waals surface area contributed by atoms with E-state index < -0.39 is 0 Å². The Hall–Kier alpha value is -1.26. The molecule has 0 N–H and O–H groups in total.